The molecule has 0 saturated heterocycles. The summed E-state index contributed by atoms with van der Waals surface area (Å²) in [5.74, 6) is 0.0926. The maximum absolute atomic E-state index is 11.8. The van der Waals surface area contributed by atoms with Gasteiger partial charge in [-0.05, 0) is 50.3 Å². The van der Waals surface area contributed by atoms with Gasteiger partial charge in [0, 0.05) is 5.56 Å². The fourth-order valence-corrected chi connectivity index (χ4v) is 1.73. The lowest BCUT2D eigenvalue weighted by atomic mass is 9.96. The van der Waals surface area contributed by atoms with E-state index in [2.05, 4.69) is 6.92 Å². The number of carbonyl (C=O) groups excluding carboxylic acids is 1. The molecule has 0 bridgehead atoms. The molecule has 16 heavy (non-hydrogen) atoms. The molecule has 0 unspecified atom stereocenters. The maximum atomic E-state index is 11.8. The predicted molar refractivity (Wildman–Crippen MR) is 63.8 cm³/mol. The molecule has 0 spiro atoms. The van der Waals surface area contributed by atoms with E-state index < -0.39 is 0 Å². The first-order valence-corrected chi connectivity index (χ1v) is 5.89. The van der Waals surface area contributed by atoms with E-state index >= 15 is 0 Å². The Labute approximate surface area is 96.6 Å². The van der Waals surface area contributed by atoms with Gasteiger partial charge in [0.15, 0.2) is 5.78 Å². The van der Waals surface area contributed by atoms with Gasteiger partial charge in [0.05, 0.1) is 6.10 Å². The van der Waals surface area contributed by atoms with Gasteiger partial charge >= 0.3 is 0 Å². The van der Waals surface area contributed by atoms with Crippen LogP contribution in [0.4, 0.5) is 0 Å². The summed E-state index contributed by atoms with van der Waals surface area (Å²) in [6.07, 6.45) is 3.79. The van der Waals surface area contributed by atoms with Crippen LogP contribution in [0, 0.1) is 13.8 Å². The van der Waals surface area contributed by atoms with Crippen molar-refractivity contribution in [3.63, 3.8) is 0 Å². The van der Waals surface area contributed by atoms with Gasteiger partial charge in [-0.15, -0.1) is 0 Å². The summed E-state index contributed by atoms with van der Waals surface area (Å²) >= 11 is 0. The third kappa shape index (κ3) is 2.50. The van der Waals surface area contributed by atoms with Crippen molar-refractivity contribution in [2.75, 3.05) is 6.61 Å². The molecular weight excluding hydrogens is 200 g/mol. The lowest BCUT2D eigenvalue weighted by Crippen LogP contribution is -2.24. The fourth-order valence-electron chi connectivity index (χ4n) is 1.73. The van der Waals surface area contributed by atoms with Crippen LogP contribution in [0.3, 0.4) is 0 Å². The third-order valence-corrected chi connectivity index (χ3v) is 3.33. The molecule has 0 amide bonds. The molecule has 1 fully saturated rings. The lowest BCUT2D eigenvalue weighted by Gasteiger charge is -2.25. The Bertz CT molecular complexity index is 392. The molecule has 1 saturated carbocycles. The fraction of sp³-hybridized carbons (Fsp3) is 0.500. The predicted octanol–water partition coefficient (Wildman–Crippen LogP) is 3.06. The summed E-state index contributed by atoms with van der Waals surface area (Å²) in [5, 5.41) is 0. The number of benzene rings is 1. The summed E-state index contributed by atoms with van der Waals surface area (Å²) in [5.41, 5.74) is 3.15. The lowest BCUT2D eigenvalue weighted by molar-refractivity contribution is 0.00731. The standard InChI is InChI=1S/C14H18O2/c1-10-6-7-12(8-11(10)2)14(15)9-16-13-4-3-5-13/h6-8,13H,3-5,9H2,1-2H3. The van der Waals surface area contributed by atoms with Crippen molar-refractivity contribution in [2.45, 2.75) is 39.2 Å². The largest absolute Gasteiger partial charge is 0.370 e. The van der Waals surface area contributed by atoms with E-state index in [-0.39, 0.29) is 12.4 Å². The highest BCUT2D eigenvalue weighted by Crippen LogP contribution is 2.22. The molecule has 1 aliphatic rings. The number of rotatable bonds is 4. The second-order valence-corrected chi connectivity index (χ2v) is 4.59. The van der Waals surface area contributed by atoms with E-state index in [1.165, 1.54) is 12.0 Å². The number of hydrogen-bond donors (Lipinski definition) is 0. The quantitative estimate of drug-likeness (QED) is 0.726. The molecule has 0 heterocycles. The molecule has 2 nitrogen and oxygen atoms in total. The highest BCUT2D eigenvalue weighted by molar-refractivity contribution is 5.97. The number of carbonyl (C=O) groups is 1. The minimum Gasteiger partial charge on any atom is -0.370 e. The Morgan fingerprint density at radius 2 is 2.06 bits per heavy atom. The Kier molecular flexibility index (Phi) is 3.39. The monoisotopic (exact) mass is 218 g/mol. The zero-order valence-corrected chi connectivity index (χ0v) is 9.95. The molecule has 1 aliphatic carbocycles. The Morgan fingerprint density at radius 3 is 2.62 bits per heavy atom. The average molecular weight is 218 g/mol. The van der Waals surface area contributed by atoms with E-state index in [0.29, 0.717) is 6.10 Å². The molecule has 86 valence electrons. The highest BCUT2D eigenvalue weighted by atomic mass is 16.5. The van der Waals surface area contributed by atoms with E-state index in [0.717, 1.165) is 24.0 Å². The third-order valence-electron chi connectivity index (χ3n) is 3.33. The molecular formula is C14H18O2. The first-order valence-electron chi connectivity index (χ1n) is 5.89. The SMILES string of the molecule is Cc1ccc(C(=O)COC2CCC2)cc1C. The van der Waals surface area contributed by atoms with Gasteiger partial charge in [0.25, 0.3) is 0 Å². The summed E-state index contributed by atoms with van der Waals surface area (Å²) < 4.78 is 5.51. The van der Waals surface area contributed by atoms with Crippen LogP contribution in [0.2, 0.25) is 0 Å². The molecule has 1 aromatic carbocycles. The van der Waals surface area contributed by atoms with Crippen molar-refractivity contribution < 1.29 is 9.53 Å². The first-order chi connectivity index (χ1) is 7.66. The molecule has 0 aliphatic heterocycles. The first kappa shape index (κ1) is 11.3. The number of hydrogen-bond acceptors (Lipinski definition) is 2. The molecule has 0 N–H and O–H groups in total. The Hall–Kier alpha value is -1.15. The van der Waals surface area contributed by atoms with Gasteiger partial charge in [-0.2, -0.15) is 0 Å². The van der Waals surface area contributed by atoms with Crippen LogP contribution in [0.1, 0.15) is 40.7 Å². The highest BCUT2D eigenvalue weighted by Gasteiger charge is 2.19. The molecule has 0 aromatic heterocycles. The van der Waals surface area contributed by atoms with Crippen molar-refractivity contribution in [3.8, 4) is 0 Å². The summed E-state index contributed by atoms with van der Waals surface area (Å²) in [6.45, 7) is 4.31. The van der Waals surface area contributed by atoms with E-state index in [4.69, 9.17) is 4.74 Å². The minimum absolute atomic E-state index is 0.0926. The minimum atomic E-state index is 0.0926. The van der Waals surface area contributed by atoms with E-state index in [1.54, 1.807) is 0 Å². The molecule has 1 aromatic rings. The smallest absolute Gasteiger partial charge is 0.188 e. The van der Waals surface area contributed by atoms with Gasteiger partial charge in [-0.3, -0.25) is 4.79 Å². The van der Waals surface area contributed by atoms with Crippen molar-refractivity contribution in [3.05, 3.63) is 34.9 Å². The van der Waals surface area contributed by atoms with Gasteiger partial charge < -0.3 is 4.74 Å². The van der Waals surface area contributed by atoms with Gasteiger partial charge in [-0.25, -0.2) is 0 Å². The molecule has 0 atom stereocenters. The van der Waals surface area contributed by atoms with Crippen molar-refractivity contribution >= 4 is 5.78 Å². The van der Waals surface area contributed by atoms with E-state index in [1.807, 2.05) is 25.1 Å². The number of ether oxygens (including phenoxy) is 1. The summed E-state index contributed by atoms with van der Waals surface area (Å²) in [7, 11) is 0. The zero-order chi connectivity index (χ0) is 11.5. The topological polar surface area (TPSA) is 26.3 Å². The van der Waals surface area contributed by atoms with Crippen LogP contribution < -0.4 is 0 Å². The van der Waals surface area contributed by atoms with Gasteiger partial charge in [0.1, 0.15) is 6.61 Å². The maximum Gasteiger partial charge on any atom is 0.188 e. The van der Waals surface area contributed by atoms with Crippen LogP contribution in [0.5, 0.6) is 0 Å². The summed E-state index contributed by atoms with van der Waals surface area (Å²) in [4.78, 5) is 11.8. The normalized spacial score (nSPS) is 15.9. The van der Waals surface area contributed by atoms with Crippen LogP contribution in [-0.4, -0.2) is 18.5 Å². The second-order valence-electron chi connectivity index (χ2n) is 4.59. The van der Waals surface area contributed by atoms with Gasteiger partial charge in [-0.1, -0.05) is 12.1 Å². The zero-order valence-electron chi connectivity index (χ0n) is 9.95. The van der Waals surface area contributed by atoms with Crippen LogP contribution in [0.25, 0.3) is 0 Å². The molecule has 2 heteroatoms. The van der Waals surface area contributed by atoms with Gasteiger partial charge in [0.2, 0.25) is 0 Å². The van der Waals surface area contributed by atoms with Crippen LogP contribution in [0.15, 0.2) is 18.2 Å². The summed E-state index contributed by atoms with van der Waals surface area (Å²) in [6, 6.07) is 5.82. The average Bonchev–Trinajstić information content (AvgIpc) is 2.19. The number of Topliss-reactive ketones (excluding diaryl/α,β-unsaturated/α-hetero) is 1. The Morgan fingerprint density at radius 1 is 1.31 bits per heavy atom. The van der Waals surface area contributed by atoms with Crippen molar-refractivity contribution in [1.29, 1.82) is 0 Å². The van der Waals surface area contributed by atoms with Crippen LogP contribution in [-0.2, 0) is 4.74 Å². The van der Waals surface area contributed by atoms with Crippen LogP contribution >= 0.6 is 0 Å². The molecule has 0 radical (unpaired) electrons. The number of aryl methyl sites for hydroxylation is 2. The second kappa shape index (κ2) is 4.79. The Balaban J connectivity index is 1.94. The van der Waals surface area contributed by atoms with Crippen molar-refractivity contribution in [1.82, 2.24) is 0 Å². The van der Waals surface area contributed by atoms with E-state index in [9.17, 15) is 4.79 Å². The number of ketones is 1. The molecule has 2 rings (SSSR count). The van der Waals surface area contributed by atoms with Crippen molar-refractivity contribution in [2.24, 2.45) is 0 Å².